The van der Waals surface area contributed by atoms with Crippen LogP contribution in [0, 0.1) is 5.41 Å². The Morgan fingerprint density at radius 1 is 0.925 bits per heavy atom. The third-order valence-electron chi connectivity index (χ3n) is 9.61. The Hall–Kier alpha value is -4.85. The smallest absolute Gasteiger partial charge is 0.422 e. The first-order valence-corrected chi connectivity index (χ1v) is 18.2. The van der Waals surface area contributed by atoms with E-state index in [1.165, 1.54) is 25.7 Å². The van der Waals surface area contributed by atoms with Crippen molar-refractivity contribution < 1.29 is 27.5 Å². The molecule has 1 aromatic heterocycles. The minimum absolute atomic E-state index is 0.0373. The van der Waals surface area contributed by atoms with Crippen molar-refractivity contribution in [3.63, 3.8) is 0 Å². The number of alkyl halides is 3. The second-order valence-electron chi connectivity index (χ2n) is 14.7. The minimum Gasteiger partial charge on any atom is -0.454 e. The van der Waals surface area contributed by atoms with Crippen molar-refractivity contribution in [1.82, 2.24) is 30.9 Å². The maximum atomic E-state index is 13.1. The number of ketones is 1. The first kappa shape index (κ1) is 37.9. The predicted octanol–water partition coefficient (Wildman–Crippen LogP) is 7.32. The molecule has 2 aromatic carbocycles. The zero-order valence-electron chi connectivity index (χ0n) is 29.8. The summed E-state index contributed by atoms with van der Waals surface area (Å²) in [7, 11) is 0. The minimum atomic E-state index is -4.59. The first-order valence-electron chi connectivity index (χ1n) is 17.8. The molecule has 53 heavy (non-hydrogen) atoms. The van der Waals surface area contributed by atoms with Gasteiger partial charge in [-0.15, -0.1) is 0 Å². The fraction of sp³-hybridized carbons (Fsp3) is 0.447. The zero-order chi connectivity index (χ0) is 37.8. The summed E-state index contributed by atoms with van der Waals surface area (Å²) in [4.78, 5) is 38.2. The molecule has 11 nitrogen and oxygen atoms in total. The average molecular weight is 753 g/mol. The van der Waals surface area contributed by atoms with Crippen molar-refractivity contribution in [2.75, 3.05) is 30.3 Å². The van der Waals surface area contributed by atoms with Gasteiger partial charge >= 0.3 is 12.2 Å². The Morgan fingerprint density at radius 2 is 1.58 bits per heavy atom. The van der Waals surface area contributed by atoms with Crippen LogP contribution < -0.4 is 31.3 Å². The summed E-state index contributed by atoms with van der Waals surface area (Å²) in [6, 6.07) is 13.6. The number of benzene rings is 2. The highest BCUT2D eigenvalue weighted by Gasteiger charge is 2.45. The van der Waals surface area contributed by atoms with E-state index in [2.05, 4.69) is 48.1 Å². The molecule has 0 spiro atoms. The summed E-state index contributed by atoms with van der Waals surface area (Å²) < 4.78 is 43.8. The van der Waals surface area contributed by atoms with E-state index in [1.807, 2.05) is 26.0 Å². The molecule has 0 saturated heterocycles. The zero-order valence-corrected chi connectivity index (χ0v) is 30.5. The molecular formula is C38H44ClF3N8O3. The van der Waals surface area contributed by atoms with Gasteiger partial charge in [0.1, 0.15) is 5.70 Å². The van der Waals surface area contributed by atoms with Gasteiger partial charge < -0.3 is 31.3 Å². The van der Waals surface area contributed by atoms with E-state index >= 15 is 0 Å². The number of carbonyl (C=O) groups is 2. The highest BCUT2D eigenvalue weighted by atomic mass is 35.5. The number of hydrogen-bond acceptors (Lipinski definition) is 10. The molecule has 0 aliphatic heterocycles. The van der Waals surface area contributed by atoms with Crippen LogP contribution in [0.3, 0.4) is 0 Å². The molecule has 0 atom stereocenters. The SMILES string of the molecule is C=C1C(=O)C(NCC(C)(C)CNC(=O)c2ccc(Nc3nc(NC4(c5ccc(Cl)cc5)CC4)nc(OCC(F)(F)F)n3)cc2)=C1NC1CCCCCC1. The summed E-state index contributed by atoms with van der Waals surface area (Å²) in [5.74, 6) is -0.391. The Bertz CT molecular complexity index is 1850. The number of nitrogens with one attached hydrogen (secondary N) is 5. The van der Waals surface area contributed by atoms with Crippen LogP contribution >= 0.6 is 11.6 Å². The lowest BCUT2D eigenvalue weighted by Crippen LogP contribution is -2.46. The van der Waals surface area contributed by atoms with Crippen LogP contribution in [0.5, 0.6) is 6.01 Å². The molecule has 0 radical (unpaired) electrons. The number of amides is 1. The fourth-order valence-corrected chi connectivity index (χ4v) is 6.47. The van der Waals surface area contributed by atoms with Crippen molar-refractivity contribution >= 4 is 40.9 Å². The lowest BCUT2D eigenvalue weighted by molar-refractivity contribution is -0.154. The number of anilines is 3. The van der Waals surface area contributed by atoms with Gasteiger partial charge in [-0.3, -0.25) is 9.59 Å². The van der Waals surface area contributed by atoms with Crippen LogP contribution in [0.15, 0.2) is 72.1 Å². The van der Waals surface area contributed by atoms with Crippen LogP contribution in [0.1, 0.15) is 81.1 Å². The molecule has 6 rings (SSSR count). The molecule has 5 N–H and O–H groups in total. The van der Waals surface area contributed by atoms with Crippen LogP contribution in [-0.4, -0.2) is 58.6 Å². The van der Waals surface area contributed by atoms with E-state index in [4.69, 9.17) is 16.3 Å². The number of Topliss-reactive ketones (excluding diaryl/α,β-unsaturated/α-hetero) is 1. The summed E-state index contributed by atoms with van der Waals surface area (Å²) >= 11 is 6.05. The number of hydrogen-bond donors (Lipinski definition) is 5. The summed E-state index contributed by atoms with van der Waals surface area (Å²) in [6.45, 7) is 7.17. The van der Waals surface area contributed by atoms with Crippen LogP contribution in [0.4, 0.5) is 30.8 Å². The lowest BCUT2D eigenvalue weighted by atomic mass is 9.89. The van der Waals surface area contributed by atoms with Crippen LogP contribution in [0.25, 0.3) is 0 Å². The Balaban J connectivity index is 1.06. The molecule has 2 fully saturated rings. The summed E-state index contributed by atoms with van der Waals surface area (Å²) in [5.41, 5.74) is 2.78. The van der Waals surface area contributed by atoms with Crippen LogP contribution in [-0.2, 0) is 10.3 Å². The third kappa shape index (κ3) is 9.98. The quantitative estimate of drug-likeness (QED) is 0.0792. The largest absolute Gasteiger partial charge is 0.454 e. The Morgan fingerprint density at radius 3 is 2.23 bits per heavy atom. The number of rotatable bonds is 15. The van der Waals surface area contributed by atoms with Gasteiger partial charge in [0.2, 0.25) is 17.7 Å². The number of aromatic nitrogens is 3. The van der Waals surface area contributed by atoms with E-state index in [9.17, 15) is 22.8 Å². The molecule has 2 saturated carbocycles. The number of halogens is 4. The van der Waals surface area contributed by atoms with Gasteiger partial charge in [-0.1, -0.05) is 69.8 Å². The van der Waals surface area contributed by atoms with Gasteiger partial charge in [0, 0.05) is 41.0 Å². The molecule has 0 bridgehead atoms. The molecule has 3 aromatic rings. The second-order valence-corrected chi connectivity index (χ2v) is 15.1. The van der Waals surface area contributed by atoms with Gasteiger partial charge in [-0.25, -0.2) is 0 Å². The van der Waals surface area contributed by atoms with Crippen molar-refractivity contribution in [3.05, 3.63) is 88.2 Å². The third-order valence-corrected chi connectivity index (χ3v) is 9.86. The molecule has 282 valence electrons. The maximum absolute atomic E-state index is 13.1. The van der Waals surface area contributed by atoms with Crippen molar-refractivity contribution in [1.29, 1.82) is 0 Å². The summed E-state index contributed by atoms with van der Waals surface area (Å²) in [5, 5.41) is 16.6. The fourth-order valence-electron chi connectivity index (χ4n) is 6.34. The van der Waals surface area contributed by atoms with Gasteiger partial charge in [-0.2, -0.15) is 28.1 Å². The van der Waals surface area contributed by atoms with E-state index in [-0.39, 0.29) is 23.6 Å². The van der Waals surface area contributed by atoms with E-state index in [1.54, 1.807) is 36.4 Å². The molecule has 15 heteroatoms. The first-order chi connectivity index (χ1) is 25.2. The van der Waals surface area contributed by atoms with Gasteiger partial charge in [0.15, 0.2) is 6.61 Å². The Kier molecular flexibility index (Phi) is 11.2. The van der Waals surface area contributed by atoms with E-state index in [0.29, 0.717) is 46.7 Å². The van der Waals surface area contributed by atoms with E-state index < -0.39 is 29.7 Å². The molecule has 0 unspecified atom stereocenters. The van der Waals surface area contributed by atoms with Crippen molar-refractivity contribution in [3.8, 4) is 6.01 Å². The number of ether oxygens (including phenoxy) is 1. The standard InChI is InChI=1S/C38H44ClF3N8O3/c1-23-29(45-27-8-6-4-5-7-9-27)30(31(23)51)43-20-36(2,3)21-44-32(52)24-10-16-28(17-11-24)46-33-47-34(49-35(48-33)53-22-38(40,41)42)50-37(18-19-37)25-12-14-26(39)15-13-25/h10-17,27,43,45H,1,4-9,18-22H2,2-3H3,(H,44,52)(H2,46,47,48,49,50). The maximum Gasteiger partial charge on any atom is 0.422 e. The summed E-state index contributed by atoms with van der Waals surface area (Å²) in [6.07, 6.45) is 3.91. The normalized spacial score (nSPS) is 17.4. The molecular weight excluding hydrogens is 709 g/mol. The van der Waals surface area contributed by atoms with Gasteiger partial charge in [-0.05, 0) is 73.1 Å². The average Bonchev–Trinajstić information content (AvgIpc) is 3.94. The highest BCUT2D eigenvalue weighted by molar-refractivity contribution is 6.30. The van der Waals surface area contributed by atoms with Crippen molar-refractivity contribution in [2.24, 2.45) is 5.41 Å². The predicted molar refractivity (Wildman–Crippen MR) is 197 cm³/mol. The van der Waals surface area contributed by atoms with Crippen LogP contribution in [0.2, 0.25) is 5.02 Å². The number of allylic oxidation sites excluding steroid dienone is 2. The molecule has 1 heterocycles. The topological polar surface area (TPSA) is 142 Å². The van der Waals surface area contributed by atoms with Gasteiger partial charge in [0.05, 0.1) is 11.2 Å². The Labute approximate surface area is 311 Å². The molecule has 3 aliphatic rings. The highest BCUT2D eigenvalue weighted by Crippen LogP contribution is 2.48. The number of nitrogens with zero attached hydrogens (tertiary/aromatic N) is 3. The monoisotopic (exact) mass is 752 g/mol. The molecule has 1 amide bonds. The van der Waals surface area contributed by atoms with Crippen molar-refractivity contribution in [2.45, 2.75) is 83.0 Å². The lowest BCUT2D eigenvalue weighted by Gasteiger charge is -2.33. The second kappa shape index (κ2) is 15.6. The van der Waals surface area contributed by atoms with Gasteiger partial charge in [0.25, 0.3) is 5.91 Å². The molecule has 3 aliphatic carbocycles. The van der Waals surface area contributed by atoms with E-state index in [0.717, 1.165) is 36.9 Å². The number of carbonyl (C=O) groups excluding carboxylic acids is 2.